The molecule has 7 nitrogen and oxygen atoms in total. The van der Waals surface area contributed by atoms with Crippen LogP contribution >= 0.6 is 0 Å². The minimum atomic E-state index is -0.0469. The van der Waals surface area contributed by atoms with E-state index >= 15 is 0 Å². The number of hydrogen-bond donors (Lipinski definition) is 1. The van der Waals surface area contributed by atoms with Gasteiger partial charge in [0, 0.05) is 61.9 Å². The van der Waals surface area contributed by atoms with Crippen LogP contribution in [0.4, 0.5) is 5.69 Å². The van der Waals surface area contributed by atoms with Crippen molar-refractivity contribution in [1.29, 1.82) is 0 Å². The summed E-state index contributed by atoms with van der Waals surface area (Å²) in [4.78, 5) is 17.8. The fourth-order valence-corrected chi connectivity index (χ4v) is 4.33. The normalized spacial score (nSPS) is 15.8. The number of nitrogens with zero attached hydrogens (tertiary/aromatic N) is 4. The van der Waals surface area contributed by atoms with Gasteiger partial charge in [-0.15, -0.1) is 0 Å². The van der Waals surface area contributed by atoms with Crippen molar-refractivity contribution in [2.24, 2.45) is 0 Å². The van der Waals surface area contributed by atoms with Crippen molar-refractivity contribution in [3.63, 3.8) is 0 Å². The molecule has 1 amide bonds. The van der Waals surface area contributed by atoms with E-state index in [2.05, 4.69) is 57.5 Å². The molecule has 1 unspecified atom stereocenters. The summed E-state index contributed by atoms with van der Waals surface area (Å²) >= 11 is 0. The molecule has 1 aliphatic heterocycles. The Bertz CT molecular complexity index is 1030. The number of piperazine rings is 1. The van der Waals surface area contributed by atoms with Gasteiger partial charge in [-0.2, -0.15) is 0 Å². The number of anilines is 1. The fraction of sp³-hybridized carbons (Fsp3) is 0.417. The second-order valence-corrected chi connectivity index (χ2v) is 8.33. The van der Waals surface area contributed by atoms with E-state index < -0.39 is 0 Å². The Morgan fingerprint density at radius 2 is 1.81 bits per heavy atom. The standard InChI is InChI=1S/C24H31N5O2/c1-17-14-22(20(4)29(17)23-15-19(3)31-26-23)24(30)25-16-18(2)27-10-12-28(13-11-27)21-8-6-5-7-9-21/h5-9,14-15,18H,10-13,16H2,1-4H3,(H,25,30). The average molecular weight is 422 g/mol. The van der Waals surface area contributed by atoms with Crippen LogP contribution in [0.15, 0.2) is 47.0 Å². The van der Waals surface area contributed by atoms with Crippen LogP contribution in [0.2, 0.25) is 0 Å². The van der Waals surface area contributed by atoms with Crippen LogP contribution in [0, 0.1) is 20.8 Å². The Kier molecular flexibility index (Phi) is 6.13. The Morgan fingerprint density at radius 1 is 1.10 bits per heavy atom. The number of aryl methyl sites for hydroxylation is 2. The molecule has 1 saturated heterocycles. The molecule has 1 atom stereocenters. The highest BCUT2D eigenvalue weighted by molar-refractivity contribution is 5.95. The lowest BCUT2D eigenvalue weighted by Gasteiger charge is -2.39. The Hall–Kier alpha value is -3.06. The first kappa shape index (κ1) is 21.2. The van der Waals surface area contributed by atoms with E-state index in [1.54, 1.807) is 0 Å². The summed E-state index contributed by atoms with van der Waals surface area (Å²) in [5.41, 5.74) is 3.79. The highest BCUT2D eigenvalue weighted by Gasteiger charge is 2.23. The summed E-state index contributed by atoms with van der Waals surface area (Å²) in [6, 6.07) is 14.6. The van der Waals surface area contributed by atoms with Crippen molar-refractivity contribution >= 4 is 11.6 Å². The van der Waals surface area contributed by atoms with Crippen LogP contribution in [-0.2, 0) is 0 Å². The zero-order chi connectivity index (χ0) is 22.0. The number of carbonyl (C=O) groups excluding carboxylic acids is 1. The van der Waals surface area contributed by atoms with Gasteiger partial charge in [0.25, 0.3) is 5.91 Å². The van der Waals surface area contributed by atoms with E-state index in [-0.39, 0.29) is 11.9 Å². The van der Waals surface area contributed by atoms with Crippen molar-refractivity contribution in [3.8, 4) is 5.82 Å². The molecule has 2 aromatic heterocycles. The van der Waals surface area contributed by atoms with Crippen molar-refractivity contribution in [2.45, 2.75) is 33.7 Å². The van der Waals surface area contributed by atoms with Crippen molar-refractivity contribution < 1.29 is 9.32 Å². The first-order valence-electron chi connectivity index (χ1n) is 10.9. The third kappa shape index (κ3) is 4.51. The smallest absolute Gasteiger partial charge is 0.253 e. The highest BCUT2D eigenvalue weighted by Crippen LogP contribution is 2.21. The van der Waals surface area contributed by atoms with Crippen molar-refractivity contribution in [3.05, 3.63) is 65.2 Å². The first-order chi connectivity index (χ1) is 14.9. The Morgan fingerprint density at radius 3 is 2.45 bits per heavy atom. The van der Waals surface area contributed by atoms with Crippen LogP contribution < -0.4 is 10.2 Å². The van der Waals surface area contributed by atoms with Gasteiger partial charge in [-0.05, 0) is 45.9 Å². The number of rotatable bonds is 6. The second kappa shape index (κ2) is 8.98. The molecule has 1 N–H and O–H groups in total. The minimum Gasteiger partial charge on any atom is -0.369 e. The molecule has 0 saturated carbocycles. The number of benzene rings is 1. The lowest BCUT2D eigenvalue weighted by Crippen LogP contribution is -2.52. The molecule has 1 aromatic carbocycles. The monoisotopic (exact) mass is 421 g/mol. The molecule has 7 heteroatoms. The molecule has 1 aliphatic rings. The predicted molar refractivity (Wildman–Crippen MR) is 122 cm³/mol. The molecule has 0 radical (unpaired) electrons. The lowest BCUT2D eigenvalue weighted by molar-refractivity contribution is 0.0933. The zero-order valence-corrected chi connectivity index (χ0v) is 18.8. The molecule has 0 spiro atoms. The van der Waals surface area contributed by atoms with Gasteiger partial charge in [0.1, 0.15) is 5.76 Å². The van der Waals surface area contributed by atoms with Crippen molar-refractivity contribution in [1.82, 2.24) is 19.9 Å². The molecular weight excluding hydrogens is 390 g/mol. The van der Waals surface area contributed by atoms with Crippen LogP contribution in [0.25, 0.3) is 5.82 Å². The van der Waals surface area contributed by atoms with Gasteiger partial charge in [0.15, 0.2) is 5.82 Å². The fourth-order valence-electron chi connectivity index (χ4n) is 4.33. The Labute approximate surface area is 183 Å². The van der Waals surface area contributed by atoms with E-state index in [0.717, 1.165) is 43.3 Å². The maximum Gasteiger partial charge on any atom is 0.253 e. The van der Waals surface area contributed by atoms with Gasteiger partial charge in [-0.25, -0.2) is 0 Å². The average Bonchev–Trinajstić information content (AvgIpc) is 3.34. The van der Waals surface area contributed by atoms with Crippen molar-refractivity contribution in [2.75, 3.05) is 37.6 Å². The Balaban J connectivity index is 1.33. The molecule has 31 heavy (non-hydrogen) atoms. The van der Waals surface area contributed by atoms with Crippen LogP contribution in [-0.4, -0.2) is 59.3 Å². The van der Waals surface area contributed by atoms with Gasteiger partial charge in [-0.3, -0.25) is 14.3 Å². The molecule has 1 fully saturated rings. The molecule has 0 bridgehead atoms. The highest BCUT2D eigenvalue weighted by atomic mass is 16.5. The third-order valence-corrected chi connectivity index (χ3v) is 6.14. The minimum absolute atomic E-state index is 0.0469. The molecular formula is C24H31N5O2. The summed E-state index contributed by atoms with van der Waals surface area (Å²) in [6.07, 6.45) is 0. The van der Waals surface area contributed by atoms with Crippen LogP contribution in [0.3, 0.4) is 0 Å². The zero-order valence-electron chi connectivity index (χ0n) is 18.8. The molecule has 0 aliphatic carbocycles. The molecule has 164 valence electrons. The number of hydrogen-bond acceptors (Lipinski definition) is 5. The second-order valence-electron chi connectivity index (χ2n) is 8.33. The van der Waals surface area contributed by atoms with Gasteiger partial charge in [0.05, 0.1) is 5.56 Å². The van der Waals surface area contributed by atoms with Gasteiger partial charge < -0.3 is 14.7 Å². The third-order valence-electron chi connectivity index (χ3n) is 6.14. The largest absolute Gasteiger partial charge is 0.369 e. The molecule has 3 aromatic rings. The van der Waals surface area contributed by atoms with Crippen LogP contribution in [0.1, 0.15) is 34.4 Å². The summed E-state index contributed by atoms with van der Waals surface area (Å²) in [7, 11) is 0. The number of amides is 1. The van der Waals surface area contributed by atoms with E-state index in [1.807, 2.05) is 37.5 Å². The number of carbonyl (C=O) groups is 1. The maximum absolute atomic E-state index is 12.9. The first-order valence-corrected chi connectivity index (χ1v) is 10.9. The van der Waals surface area contributed by atoms with Gasteiger partial charge in [-0.1, -0.05) is 23.4 Å². The topological polar surface area (TPSA) is 66.5 Å². The lowest BCUT2D eigenvalue weighted by atomic mass is 10.2. The maximum atomic E-state index is 12.9. The summed E-state index contributed by atoms with van der Waals surface area (Å²) in [5, 5.41) is 7.21. The van der Waals surface area contributed by atoms with E-state index in [0.29, 0.717) is 17.9 Å². The number of nitrogens with one attached hydrogen (secondary N) is 1. The summed E-state index contributed by atoms with van der Waals surface area (Å²) in [5.74, 6) is 1.40. The number of para-hydroxylation sites is 1. The number of aromatic nitrogens is 2. The van der Waals surface area contributed by atoms with Gasteiger partial charge in [0.2, 0.25) is 0 Å². The SMILES string of the molecule is Cc1cc(-n2c(C)cc(C(=O)NCC(C)N3CCN(c4ccccc4)CC3)c2C)no1. The molecule has 3 heterocycles. The summed E-state index contributed by atoms with van der Waals surface area (Å²) < 4.78 is 7.16. The predicted octanol–water partition coefficient (Wildman–Crippen LogP) is 3.33. The van der Waals surface area contributed by atoms with Gasteiger partial charge >= 0.3 is 0 Å². The van der Waals surface area contributed by atoms with Crippen LogP contribution in [0.5, 0.6) is 0 Å². The van der Waals surface area contributed by atoms with E-state index in [1.165, 1.54) is 5.69 Å². The summed E-state index contributed by atoms with van der Waals surface area (Å²) in [6.45, 7) is 12.6. The van der Waals surface area contributed by atoms with E-state index in [4.69, 9.17) is 4.52 Å². The van der Waals surface area contributed by atoms with E-state index in [9.17, 15) is 4.79 Å². The quantitative estimate of drug-likeness (QED) is 0.661. The molecule has 4 rings (SSSR count).